The first-order valence-corrected chi connectivity index (χ1v) is 7.26. The van der Waals surface area contributed by atoms with Crippen LogP contribution in [0, 0.1) is 0 Å². The van der Waals surface area contributed by atoms with Crippen LogP contribution in [0.15, 0.2) is 47.1 Å². The summed E-state index contributed by atoms with van der Waals surface area (Å²) < 4.78 is 10.1. The first-order valence-electron chi connectivity index (χ1n) is 6.50. The van der Waals surface area contributed by atoms with Crippen molar-refractivity contribution in [2.24, 2.45) is 0 Å². The summed E-state index contributed by atoms with van der Waals surface area (Å²) in [5.74, 6) is -0.157. The fraction of sp³-hybridized carbons (Fsp3) is 0.0667. The summed E-state index contributed by atoms with van der Waals surface area (Å²) in [7, 11) is 0. The Morgan fingerprint density at radius 1 is 1.17 bits per heavy atom. The summed E-state index contributed by atoms with van der Waals surface area (Å²) in [6, 6.07) is 10.2. The smallest absolute Gasteiger partial charge is 0.341 e. The third-order valence-electron chi connectivity index (χ3n) is 2.89. The van der Waals surface area contributed by atoms with E-state index in [4.69, 9.17) is 32.5 Å². The first-order chi connectivity index (χ1) is 11.1. The van der Waals surface area contributed by atoms with Crippen LogP contribution in [-0.2, 0) is 11.3 Å². The summed E-state index contributed by atoms with van der Waals surface area (Å²) in [6.07, 6.45) is 1.48. The number of halogens is 2. The Hall–Kier alpha value is -2.44. The van der Waals surface area contributed by atoms with Crippen LogP contribution in [0.2, 0.25) is 10.2 Å². The molecule has 3 rings (SSSR count). The van der Waals surface area contributed by atoms with Crippen molar-refractivity contribution in [3.8, 4) is 11.4 Å². The Labute approximate surface area is 141 Å². The van der Waals surface area contributed by atoms with E-state index in [0.717, 1.165) is 0 Å². The molecule has 0 N–H and O–H groups in total. The monoisotopic (exact) mass is 349 g/mol. The number of rotatable bonds is 4. The molecule has 23 heavy (non-hydrogen) atoms. The van der Waals surface area contributed by atoms with Crippen molar-refractivity contribution in [3.63, 3.8) is 0 Å². The maximum Gasteiger partial charge on any atom is 0.341 e. The molecule has 0 bridgehead atoms. The molecule has 0 atom stereocenters. The number of hydrogen-bond acceptors (Lipinski definition) is 6. The molecule has 0 aliphatic heterocycles. The van der Waals surface area contributed by atoms with Gasteiger partial charge in [-0.15, -0.1) is 0 Å². The van der Waals surface area contributed by atoms with Gasteiger partial charge < -0.3 is 9.26 Å². The summed E-state index contributed by atoms with van der Waals surface area (Å²) >= 11 is 11.9. The molecule has 2 heterocycles. The van der Waals surface area contributed by atoms with Crippen LogP contribution >= 0.6 is 23.2 Å². The van der Waals surface area contributed by atoms with E-state index in [-0.39, 0.29) is 23.2 Å². The molecule has 0 amide bonds. The van der Waals surface area contributed by atoms with Gasteiger partial charge in [0.25, 0.3) is 5.89 Å². The van der Waals surface area contributed by atoms with Gasteiger partial charge in [-0.05, 0) is 24.3 Å². The molecule has 8 heteroatoms. The van der Waals surface area contributed by atoms with Crippen LogP contribution in [0.1, 0.15) is 16.2 Å². The lowest BCUT2D eigenvalue weighted by atomic mass is 10.2. The molecule has 2 aromatic heterocycles. The summed E-state index contributed by atoms with van der Waals surface area (Å²) in [6.45, 7) is -0.179. The van der Waals surface area contributed by atoms with Crippen molar-refractivity contribution >= 4 is 29.2 Å². The highest BCUT2D eigenvalue weighted by Gasteiger charge is 2.16. The van der Waals surface area contributed by atoms with Crippen LogP contribution in [0.5, 0.6) is 0 Å². The quantitative estimate of drug-likeness (QED) is 0.526. The fourth-order valence-corrected chi connectivity index (χ4v) is 2.23. The van der Waals surface area contributed by atoms with Crippen molar-refractivity contribution in [2.45, 2.75) is 6.61 Å². The predicted octanol–water partition coefficient (Wildman–Crippen LogP) is 3.80. The summed E-state index contributed by atoms with van der Waals surface area (Å²) in [4.78, 5) is 19.9. The van der Waals surface area contributed by atoms with E-state index in [9.17, 15) is 4.79 Å². The highest BCUT2D eigenvalue weighted by atomic mass is 35.5. The van der Waals surface area contributed by atoms with E-state index >= 15 is 0 Å². The Balaban J connectivity index is 1.70. The minimum atomic E-state index is -0.624. The number of benzene rings is 1. The number of hydrogen-bond donors (Lipinski definition) is 0. The zero-order valence-electron chi connectivity index (χ0n) is 11.6. The largest absolute Gasteiger partial charge is 0.452 e. The van der Waals surface area contributed by atoms with Gasteiger partial charge in [-0.3, -0.25) is 0 Å². The van der Waals surface area contributed by atoms with Crippen LogP contribution in [0.4, 0.5) is 0 Å². The maximum absolute atomic E-state index is 11.9. The second kappa shape index (κ2) is 6.76. The molecule has 6 nitrogen and oxygen atoms in total. The number of aromatic nitrogens is 3. The molecule has 3 aromatic rings. The van der Waals surface area contributed by atoms with Gasteiger partial charge in [0.1, 0.15) is 5.15 Å². The first kappa shape index (κ1) is 15.5. The number of pyridine rings is 1. The van der Waals surface area contributed by atoms with Crippen molar-refractivity contribution in [1.29, 1.82) is 0 Å². The third kappa shape index (κ3) is 3.49. The fourth-order valence-electron chi connectivity index (χ4n) is 1.81. The molecule has 0 fully saturated rings. The second-order valence-electron chi connectivity index (χ2n) is 4.41. The van der Waals surface area contributed by atoms with Crippen LogP contribution in [0.3, 0.4) is 0 Å². The third-order valence-corrected chi connectivity index (χ3v) is 3.52. The van der Waals surface area contributed by atoms with Gasteiger partial charge in [0.2, 0.25) is 5.82 Å². The molecule has 0 saturated carbocycles. The van der Waals surface area contributed by atoms with Crippen molar-refractivity contribution in [1.82, 2.24) is 15.1 Å². The zero-order chi connectivity index (χ0) is 16.2. The molecule has 0 aliphatic carbocycles. The van der Waals surface area contributed by atoms with Gasteiger partial charge >= 0.3 is 5.97 Å². The highest BCUT2D eigenvalue weighted by Crippen LogP contribution is 2.25. The normalized spacial score (nSPS) is 10.5. The molecule has 0 unspecified atom stereocenters. The van der Waals surface area contributed by atoms with E-state index in [2.05, 4.69) is 15.1 Å². The lowest BCUT2D eigenvalue weighted by Gasteiger charge is -2.02. The van der Waals surface area contributed by atoms with Gasteiger partial charge in [0.15, 0.2) is 6.61 Å². The predicted molar refractivity (Wildman–Crippen MR) is 83.1 cm³/mol. The van der Waals surface area contributed by atoms with Gasteiger partial charge in [0.05, 0.1) is 10.6 Å². The van der Waals surface area contributed by atoms with Crippen molar-refractivity contribution in [3.05, 3.63) is 64.2 Å². The summed E-state index contributed by atoms with van der Waals surface area (Å²) in [5, 5.41) is 4.38. The Morgan fingerprint density at radius 2 is 2.00 bits per heavy atom. The van der Waals surface area contributed by atoms with Crippen molar-refractivity contribution in [2.75, 3.05) is 0 Å². The van der Waals surface area contributed by atoms with Gasteiger partial charge in [-0.2, -0.15) is 4.98 Å². The van der Waals surface area contributed by atoms with E-state index in [1.54, 1.807) is 24.3 Å². The Morgan fingerprint density at radius 3 is 2.78 bits per heavy atom. The number of esters is 1. The minimum absolute atomic E-state index is 0.0692. The number of nitrogens with zero attached hydrogens (tertiary/aromatic N) is 3. The van der Waals surface area contributed by atoms with E-state index in [1.807, 2.05) is 6.07 Å². The molecule has 0 radical (unpaired) electrons. The minimum Gasteiger partial charge on any atom is -0.452 e. The SMILES string of the molecule is O=C(OCc1nc(-c2ccccc2Cl)no1)c1cccnc1Cl. The van der Waals surface area contributed by atoms with Gasteiger partial charge in [-0.25, -0.2) is 9.78 Å². The van der Waals surface area contributed by atoms with Crippen LogP contribution in [0.25, 0.3) is 11.4 Å². The lowest BCUT2D eigenvalue weighted by molar-refractivity contribution is 0.0429. The molecule has 0 aliphatic rings. The van der Waals surface area contributed by atoms with E-state index in [0.29, 0.717) is 16.4 Å². The van der Waals surface area contributed by atoms with Crippen LogP contribution < -0.4 is 0 Å². The second-order valence-corrected chi connectivity index (χ2v) is 5.17. The van der Waals surface area contributed by atoms with Gasteiger partial charge in [-0.1, -0.05) is 40.5 Å². The standard InChI is InChI=1S/C15H9Cl2N3O3/c16-11-6-2-1-4-9(11)14-19-12(23-20-14)8-22-15(21)10-5-3-7-18-13(10)17/h1-7H,8H2. The van der Waals surface area contributed by atoms with E-state index in [1.165, 1.54) is 12.3 Å². The topological polar surface area (TPSA) is 78.1 Å². The molecular formula is C15H9Cl2N3O3. The van der Waals surface area contributed by atoms with Crippen LogP contribution in [-0.4, -0.2) is 21.1 Å². The number of carbonyl (C=O) groups excluding carboxylic acids is 1. The lowest BCUT2D eigenvalue weighted by Crippen LogP contribution is -2.06. The summed E-state index contributed by atoms with van der Waals surface area (Å²) in [5.41, 5.74) is 0.797. The van der Waals surface area contributed by atoms with E-state index < -0.39 is 5.97 Å². The Kier molecular flexibility index (Phi) is 4.55. The van der Waals surface area contributed by atoms with Crippen molar-refractivity contribution < 1.29 is 14.1 Å². The number of carbonyl (C=O) groups is 1. The average Bonchev–Trinajstić information content (AvgIpc) is 3.02. The molecule has 0 saturated heterocycles. The van der Waals surface area contributed by atoms with Gasteiger partial charge in [0, 0.05) is 11.8 Å². The zero-order valence-corrected chi connectivity index (χ0v) is 13.1. The number of ether oxygens (including phenoxy) is 1. The highest BCUT2D eigenvalue weighted by molar-refractivity contribution is 6.33. The average molecular weight is 350 g/mol. The molecule has 0 spiro atoms. The molecule has 116 valence electrons. The molecule has 1 aromatic carbocycles. The Bertz CT molecular complexity index is 851. The maximum atomic E-state index is 11.9. The molecular weight excluding hydrogens is 341 g/mol.